The Morgan fingerprint density at radius 3 is 2.19 bits per heavy atom. The molecule has 32 heavy (non-hydrogen) atoms. The van der Waals surface area contributed by atoms with Crippen LogP contribution in [-0.4, -0.2) is 20.4 Å². The Bertz CT molecular complexity index is 1210. The van der Waals surface area contributed by atoms with Gasteiger partial charge in [-0.05, 0) is 52.8 Å². The first kappa shape index (κ1) is 22.2. The molecule has 2 atom stereocenters. The first-order valence-electron chi connectivity index (χ1n) is 10.6. The largest absolute Gasteiger partial charge is 0.452 e. The number of carbonyl (C=O) groups excluding carboxylic acids is 1. The third-order valence-corrected chi connectivity index (χ3v) is 7.25. The minimum absolute atomic E-state index is 0.0202. The lowest BCUT2D eigenvalue weighted by Crippen LogP contribution is -2.39. The molecule has 4 rings (SSSR count). The van der Waals surface area contributed by atoms with E-state index >= 15 is 0 Å². The second kappa shape index (κ2) is 8.52. The Labute approximate surface area is 189 Å². The summed E-state index contributed by atoms with van der Waals surface area (Å²) in [6, 6.07) is 22.6. The average Bonchev–Trinajstić information content (AvgIpc) is 3.10. The van der Waals surface area contributed by atoms with Gasteiger partial charge in [-0.1, -0.05) is 75.4 Å². The summed E-state index contributed by atoms with van der Waals surface area (Å²) in [5.41, 5.74) is 3.33. The Hall–Kier alpha value is -2.96. The topological polar surface area (TPSA) is 72.5 Å². The van der Waals surface area contributed by atoms with Gasteiger partial charge in [-0.2, -0.15) is 0 Å². The molecule has 0 unspecified atom stereocenters. The maximum atomic E-state index is 13.0. The molecule has 0 saturated carbocycles. The fraction of sp³-hybridized carbons (Fsp3) is 0.269. The molecule has 1 aliphatic rings. The molecule has 3 aromatic carbocycles. The lowest BCUT2D eigenvalue weighted by molar-refractivity contribution is 0.0247. The zero-order chi connectivity index (χ0) is 22.9. The highest BCUT2D eigenvalue weighted by Gasteiger charge is 2.38. The number of carbonyl (C=O) groups is 1. The second-order valence-corrected chi connectivity index (χ2v) is 10.8. The highest BCUT2D eigenvalue weighted by Crippen LogP contribution is 2.36. The minimum Gasteiger partial charge on any atom is -0.452 e. The van der Waals surface area contributed by atoms with Crippen molar-refractivity contribution in [2.75, 3.05) is 0 Å². The molecule has 5 nitrogen and oxygen atoms in total. The monoisotopic (exact) mass is 449 g/mol. The van der Waals surface area contributed by atoms with Crippen LogP contribution in [0.15, 0.2) is 83.8 Å². The molecule has 6 heteroatoms. The van der Waals surface area contributed by atoms with Gasteiger partial charge >= 0.3 is 5.97 Å². The summed E-state index contributed by atoms with van der Waals surface area (Å²) in [7, 11) is -3.76. The Morgan fingerprint density at radius 1 is 0.906 bits per heavy atom. The number of hydrogen-bond acceptors (Lipinski definition) is 4. The van der Waals surface area contributed by atoms with Crippen LogP contribution in [0.3, 0.4) is 0 Å². The van der Waals surface area contributed by atoms with Crippen LogP contribution in [0.2, 0.25) is 0 Å². The SMILES string of the molecule is CC(C)(C)c1ccc(C(=O)O[C@H]2c3ccccc3C[C@H]2NS(=O)(=O)c2ccccc2)cc1. The van der Waals surface area contributed by atoms with E-state index in [4.69, 9.17) is 4.74 Å². The van der Waals surface area contributed by atoms with Gasteiger partial charge in [0.1, 0.15) is 6.10 Å². The molecule has 0 heterocycles. The van der Waals surface area contributed by atoms with Crippen molar-refractivity contribution in [3.63, 3.8) is 0 Å². The van der Waals surface area contributed by atoms with Crippen LogP contribution in [0, 0.1) is 0 Å². The van der Waals surface area contributed by atoms with Crippen LogP contribution < -0.4 is 4.72 Å². The number of ether oxygens (including phenoxy) is 1. The van der Waals surface area contributed by atoms with Gasteiger partial charge in [0.2, 0.25) is 10.0 Å². The van der Waals surface area contributed by atoms with E-state index in [1.165, 1.54) is 0 Å². The predicted molar refractivity (Wildman–Crippen MR) is 124 cm³/mol. The molecule has 3 aromatic rings. The fourth-order valence-corrected chi connectivity index (χ4v) is 5.22. The van der Waals surface area contributed by atoms with Crippen molar-refractivity contribution < 1.29 is 17.9 Å². The molecule has 1 aliphatic carbocycles. The van der Waals surface area contributed by atoms with Crippen molar-refractivity contribution in [1.29, 1.82) is 0 Å². The Kier molecular flexibility index (Phi) is 5.93. The molecule has 0 saturated heterocycles. The highest BCUT2D eigenvalue weighted by atomic mass is 32.2. The van der Waals surface area contributed by atoms with E-state index in [1.807, 2.05) is 36.4 Å². The van der Waals surface area contributed by atoms with Crippen LogP contribution in [0.4, 0.5) is 0 Å². The first-order valence-corrected chi connectivity index (χ1v) is 12.1. The minimum atomic E-state index is -3.76. The lowest BCUT2D eigenvalue weighted by atomic mass is 9.87. The number of sulfonamides is 1. The third-order valence-electron chi connectivity index (χ3n) is 5.75. The van der Waals surface area contributed by atoms with Gasteiger partial charge < -0.3 is 4.74 Å². The van der Waals surface area contributed by atoms with E-state index in [9.17, 15) is 13.2 Å². The molecule has 0 spiro atoms. The summed E-state index contributed by atoms with van der Waals surface area (Å²) in [4.78, 5) is 13.1. The predicted octanol–water partition coefficient (Wildman–Crippen LogP) is 4.79. The van der Waals surface area contributed by atoms with Crippen LogP contribution in [-0.2, 0) is 26.6 Å². The summed E-state index contributed by atoms with van der Waals surface area (Å²) >= 11 is 0. The molecule has 0 fully saturated rings. The van der Waals surface area contributed by atoms with Gasteiger partial charge in [0.25, 0.3) is 0 Å². The average molecular weight is 450 g/mol. The number of fused-ring (bicyclic) bond motifs is 1. The normalized spacial score (nSPS) is 18.2. The molecule has 1 N–H and O–H groups in total. The summed E-state index contributed by atoms with van der Waals surface area (Å²) < 4.78 is 34.5. The van der Waals surface area contributed by atoms with Crippen molar-refractivity contribution in [1.82, 2.24) is 4.72 Å². The molecule has 0 aromatic heterocycles. The lowest BCUT2D eigenvalue weighted by Gasteiger charge is -2.23. The smallest absolute Gasteiger partial charge is 0.338 e. The molecule has 0 bridgehead atoms. The van der Waals surface area contributed by atoms with Crippen LogP contribution in [0.25, 0.3) is 0 Å². The van der Waals surface area contributed by atoms with Gasteiger partial charge in [0.05, 0.1) is 16.5 Å². The zero-order valence-electron chi connectivity index (χ0n) is 18.4. The molecular weight excluding hydrogens is 422 g/mol. The van der Waals surface area contributed by atoms with E-state index in [-0.39, 0.29) is 10.3 Å². The third kappa shape index (κ3) is 4.61. The Morgan fingerprint density at radius 2 is 1.53 bits per heavy atom. The number of esters is 1. The molecule has 0 amide bonds. The summed E-state index contributed by atoms with van der Waals surface area (Å²) in [6.07, 6.45) is -0.261. The van der Waals surface area contributed by atoms with Crippen molar-refractivity contribution in [3.8, 4) is 0 Å². The van der Waals surface area contributed by atoms with Gasteiger partial charge in [-0.3, -0.25) is 0 Å². The van der Waals surface area contributed by atoms with E-state index in [0.717, 1.165) is 16.7 Å². The van der Waals surface area contributed by atoms with E-state index in [1.54, 1.807) is 42.5 Å². The van der Waals surface area contributed by atoms with Crippen molar-refractivity contribution in [2.24, 2.45) is 0 Å². The number of benzene rings is 3. The molecule has 0 radical (unpaired) electrons. The summed E-state index contributed by atoms with van der Waals surface area (Å²) in [5.74, 6) is -0.476. The van der Waals surface area contributed by atoms with E-state index < -0.39 is 28.1 Å². The number of rotatable bonds is 5. The van der Waals surface area contributed by atoms with Gasteiger partial charge in [0.15, 0.2) is 0 Å². The number of nitrogens with one attached hydrogen (secondary N) is 1. The quantitative estimate of drug-likeness (QED) is 0.569. The second-order valence-electron chi connectivity index (χ2n) is 9.10. The van der Waals surface area contributed by atoms with Gasteiger partial charge in [-0.25, -0.2) is 17.9 Å². The van der Waals surface area contributed by atoms with Crippen LogP contribution >= 0.6 is 0 Å². The summed E-state index contributed by atoms with van der Waals surface area (Å²) in [6.45, 7) is 6.33. The van der Waals surface area contributed by atoms with Gasteiger partial charge in [-0.15, -0.1) is 0 Å². The van der Waals surface area contributed by atoms with E-state index in [2.05, 4.69) is 25.5 Å². The van der Waals surface area contributed by atoms with Crippen molar-refractivity contribution in [3.05, 3.63) is 101 Å². The first-order chi connectivity index (χ1) is 15.1. The molecule has 166 valence electrons. The Balaban J connectivity index is 1.59. The van der Waals surface area contributed by atoms with E-state index in [0.29, 0.717) is 12.0 Å². The van der Waals surface area contributed by atoms with Crippen molar-refractivity contribution >= 4 is 16.0 Å². The molecule has 0 aliphatic heterocycles. The van der Waals surface area contributed by atoms with Crippen LogP contribution in [0.5, 0.6) is 0 Å². The zero-order valence-corrected chi connectivity index (χ0v) is 19.2. The van der Waals surface area contributed by atoms with Gasteiger partial charge in [0, 0.05) is 0 Å². The van der Waals surface area contributed by atoms with Crippen LogP contribution in [0.1, 0.15) is 53.9 Å². The maximum absolute atomic E-state index is 13.0. The molecular formula is C26H27NO4S. The maximum Gasteiger partial charge on any atom is 0.338 e. The summed E-state index contributed by atoms with van der Waals surface area (Å²) in [5, 5.41) is 0. The highest BCUT2D eigenvalue weighted by molar-refractivity contribution is 7.89. The number of hydrogen-bond donors (Lipinski definition) is 1. The van der Waals surface area contributed by atoms with Crippen molar-refractivity contribution in [2.45, 2.75) is 49.6 Å². The fourth-order valence-electron chi connectivity index (χ4n) is 3.96. The standard InChI is InChI=1S/C26H27NO4S/c1-26(2,3)20-15-13-18(14-16-20)25(28)31-24-22-12-8-7-9-19(22)17-23(24)27-32(29,30)21-10-5-4-6-11-21/h4-16,23-24,27H,17H2,1-3H3/t23-,24+/m1/s1.